The van der Waals surface area contributed by atoms with Crippen LogP contribution in [0.4, 0.5) is 5.69 Å². The van der Waals surface area contributed by atoms with Crippen molar-refractivity contribution in [3.05, 3.63) is 69.3 Å². The molecular formula is C20H27IN4O3. The number of nitro groups is 1. The van der Waals surface area contributed by atoms with E-state index in [9.17, 15) is 10.1 Å². The van der Waals surface area contributed by atoms with Gasteiger partial charge in [0.15, 0.2) is 5.96 Å². The van der Waals surface area contributed by atoms with Crippen LogP contribution in [0.25, 0.3) is 0 Å². The fraction of sp³-hybridized carbons (Fsp3) is 0.350. The van der Waals surface area contributed by atoms with Crippen molar-refractivity contribution in [3.8, 4) is 5.75 Å². The molecule has 0 radical (unpaired) electrons. The first-order chi connectivity index (χ1) is 13.0. The summed E-state index contributed by atoms with van der Waals surface area (Å²) in [6, 6.07) is 12.6. The predicted molar refractivity (Wildman–Crippen MR) is 123 cm³/mol. The summed E-state index contributed by atoms with van der Waals surface area (Å²) in [6.07, 6.45) is 0.958. The number of halogens is 1. The normalized spacial score (nSPS) is 10.8. The van der Waals surface area contributed by atoms with Crippen LogP contribution in [0, 0.1) is 17.0 Å². The number of nitrogens with one attached hydrogen (secondary N) is 2. The Morgan fingerprint density at radius 1 is 1.14 bits per heavy atom. The van der Waals surface area contributed by atoms with E-state index in [2.05, 4.69) is 34.7 Å². The Kier molecular flexibility index (Phi) is 10.3. The SMILES string of the molecule is CCCOc1cc(C)ccc1CNC(=NC)NCc1ccc([N+](=O)[O-])cc1.I. The number of aryl methyl sites for hydroxylation is 1. The Hall–Kier alpha value is -2.36. The van der Waals surface area contributed by atoms with Crippen LogP contribution >= 0.6 is 24.0 Å². The number of aliphatic imine (C=N–C) groups is 1. The number of benzene rings is 2. The molecular weight excluding hydrogens is 471 g/mol. The minimum atomic E-state index is -0.405. The maximum Gasteiger partial charge on any atom is 0.269 e. The van der Waals surface area contributed by atoms with E-state index in [0.29, 0.717) is 25.7 Å². The van der Waals surface area contributed by atoms with Gasteiger partial charge in [0.25, 0.3) is 5.69 Å². The molecule has 0 unspecified atom stereocenters. The summed E-state index contributed by atoms with van der Waals surface area (Å²) in [4.78, 5) is 14.5. The molecule has 152 valence electrons. The highest BCUT2D eigenvalue weighted by molar-refractivity contribution is 14.0. The molecule has 0 bridgehead atoms. The van der Waals surface area contributed by atoms with Crippen LogP contribution in [-0.4, -0.2) is 24.5 Å². The number of ether oxygens (including phenoxy) is 1. The fourth-order valence-electron chi connectivity index (χ4n) is 2.48. The van der Waals surface area contributed by atoms with Gasteiger partial charge in [-0.25, -0.2) is 0 Å². The molecule has 0 atom stereocenters. The van der Waals surface area contributed by atoms with E-state index >= 15 is 0 Å². The van der Waals surface area contributed by atoms with Gasteiger partial charge in [0.05, 0.1) is 11.5 Å². The molecule has 0 aliphatic rings. The largest absolute Gasteiger partial charge is 0.493 e. The molecule has 0 spiro atoms. The zero-order chi connectivity index (χ0) is 19.6. The van der Waals surface area contributed by atoms with Crippen molar-refractivity contribution in [1.82, 2.24) is 10.6 Å². The molecule has 7 nitrogen and oxygen atoms in total. The second kappa shape index (κ2) is 12.2. The van der Waals surface area contributed by atoms with Crippen molar-refractivity contribution in [2.75, 3.05) is 13.7 Å². The highest BCUT2D eigenvalue weighted by Crippen LogP contribution is 2.20. The number of hydrogen-bond acceptors (Lipinski definition) is 4. The summed E-state index contributed by atoms with van der Waals surface area (Å²) in [6.45, 7) is 5.91. The third kappa shape index (κ3) is 7.34. The van der Waals surface area contributed by atoms with Crippen LogP contribution in [-0.2, 0) is 13.1 Å². The zero-order valence-corrected chi connectivity index (χ0v) is 18.7. The lowest BCUT2D eigenvalue weighted by molar-refractivity contribution is -0.384. The van der Waals surface area contributed by atoms with Crippen molar-refractivity contribution in [2.45, 2.75) is 33.4 Å². The molecule has 0 saturated heterocycles. The van der Waals surface area contributed by atoms with Gasteiger partial charge in [-0.05, 0) is 30.5 Å². The number of non-ortho nitro benzene ring substituents is 1. The molecule has 0 fully saturated rings. The lowest BCUT2D eigenvalue weighted by Crippen LogP contribution is -2.36. The quantitative estimate of drug-likeness (QED) is 0.188. The third-order valence-electron chi connectivity index (χ3n) is 3.96. The highest BCUT2D eigenvalue weighted by Gasteiger charge is 2.07. The van der Waals surface area contributed by atoms with Gasteiger partial charge in [0.1, 0.15) is 5.75 Å². The number of rotatable bonds is 8. The summed E-state index contributed by atoms with van der Waals surface area (Å²) >= 11 is 0. The lowest BCUT2D eigenvalue weighted by atomic mass is 10.1. The molecule has 2 aromatic carbocycles. The monoisotopic (exact) mass is 498 g/mol. The number of nitrogens with zero attached hydrogens (tertiary/aromatic N) is 2. The van der Waals surface area contributed by atoms with Crippen LogP contribution in [0.15, 0.2) is 47.5 Å². The van der Waals surface area contributed by atoms with Gasteiger partial charge >= 0.3 is 0 Å². The van der Waals surface area contributed by atoms with Crippen molar-refractivity contribution < 1.29 is 9.66 Å². The van der Waals surface area contributed by atoms with Gasteiger partial charge in [0.2, 0.25) is 0 Å². The molecule has 2 N–H and O–H groups in total. The second-order valence-electron chi connectivity index (χ2n) is 6.16. The van der Waals surface area contributed by atoms with Crippen molar-refractivity contribution >= 4 is 35.6 Å². The maximum absolute atomic E-state index is 10.7. The second-order valence-corrected chi connectivity index (χ2v) is 6.16. The van der Waals surface area contributed by atoms with E-state index in [4.69, 9.17) is 4.74 Å². The minimum Gasteiger partial charge on any atom is -0.493 e. The number of guanidine groups is 1. The standard InChI is InChI=1S/C20H26N4O3.HI/c1-4-11-27-19-12-15(2)5-8-17(19)14-23-20(21-3)22-13-16-6-9-18(10-7-16)24(25)26;/h5-10,12H,4,11,13-14H2,1-3H3,(H2,21,22,23);1H. The molecule has 0 amide bonds. The topological polar surface area (TPSA) is 88.8 Å². The van der Waals surface area contributed by atoms with Crippen LogP contribution in [0.2, 0.25) is 0 Å². The Morgan fingerprint density at radius 2 is 1.82 bits per heavy atom. The smallest absolute Gasteiger partial charge is 0.269 e. The first-order valence-corrected chi connectivity index (χ1v) is 8.93. The van der Waals surface area contributed by atoms with E-state index in [0.717, 1.165) is 28.9 Å². The van der Waals surface area contributed by atoms with E-state index in [1.54, 1.807) is 19.2 Å². The highest BCUT2D eigenvalue weighted by atomic mass is 127. The van der Waals surface area contributed by atoms with Crippen molar-refractivity contribution in [3.63, 3.8) is 0 Å². The van der Waals surface area contributed by atoms with Gasteiger partial charge < -0.3 is 15.4 Å². The molecule has 8 heteroatoms. The lowest BCUT2D eigenvalue weighted by Gasteiger charge is -2.15. The molecule has 0 aliphatic heterocycles. The number of nitro benzene ring substituents is 1. The zero-order valence-electron chi connectivity index (χ0n) is 16.4. The first-order valence-electron chi connectivity index (χ1n) is 8.93. The van der Waals surface area contributed by atoms with E-state index < -0.39 is 4.92 Å². The van der Waals surface area contributed by atoms with E-state index in [1.165, 1.54) is 12.1 Å². The minimum absolute atomic E-state index is 0. The van der Waals surface area contributed by atoms with Crippen LogP contribution in [0.1, 0.15) is 30.0 Å². The summed E-state index contributed by atoms with van der Waals surface area (Å²) in [5, 5.41) is 17.2. The third-order valence-corrected chi connectivity index (χ3v) is 3.96. The maximum atomic E-state index is 10.7. The van der Waals surface area contributed by atoms with Crippen LogP contribution in [0.5, 0.6) is 5.75 Å². The molecule has 0 aromatic heterocycles. The fourth-order valence-corrected chi connectivity index (χ4v) is 2.48. The Balaban J connectivity index is 0.00000392. The van der Waals surface area contributed by atoms with Gasteiger partial charge in [-0.2, -0.15) is 0 Å². The molecule has 0 aliphatic carbocycles. The number of hydrogen-bond donors (Lipinski definition) is 2. The van der Waals surface area contributed by atoms with Crippen molar-refractivity contribution in [1.29, 1.82) is 0 Å². The van der Waals surface area contributed by atoms with Gasteiger partial charge in [-0.1, -0.05) is 31.2 Å². The predicted octanol–water partition coefficient (Wildman–Crippen LogP) is 4.18. The summed E-state index contributed by atoms with van der Waals surface area (Å²) in [7, 11) is 1.70. The van der Waals surface area contributed by atoms with Crippen LogP contribution < -0.4 is 15.4 Å². The molecule has 2 aromatic rings. The van der Waals surface area contributed by atoms with E-state index in [-0.39, 0.29) is 29.7 Å². The van der Waals surface area contributed by atoms with Crippen molar-refractivity contribution in [2.24, 2.45) is 4.99 Å². The van der Waals surface area contributed by atoms with Gasteiger partial charge in [-0.3, -0.25) is 15.1 Å². The molecule has 2 rings (SSSR count). The van der Waals surface area contributed by atoms with E-state index in [1.807, 2.05) is 13.0 Å². The van der Waals surface area contributed by atoms with Gasteiger partial charge in [0, 0.05) is 37.8 Å². The first kappa shape index (κ1) is 23.7. The summed E-state index contributed by atoms with van der Waals surface area (Å²) in [5.74, 6) is 1.53. The summed E-state index contributed by atoms with van der Waals surface area (Å²) in [5.41, 5.74) is 3.24. The average molecular weight is 498 g/mol. The average Bonchev–Trinajstić information content (AvgIpc) is 2.67. The Morgan fingerprint density at radius 3 is 2.43 bits per heavy atom. The van der Waals surface area contributed by atoms with Gasteiger partial charge in [-0.15, -0.1) is 24.0 Å². The Bertz CT molecular complexity index is 795. The summed E-state index contributed by atoms with van der Waals surface area (Å²) < 4.78 is 5.84. The molecule has 28 heavy (non-hydrogen) atoms. The molecule has 0 saturated carbocycles. The molecule has 0 heterocycles. The van der Waals surface area contributed by atoms with Crippen LogP contribution in [0.3, 0.4) is 0 Å². The Labute approximate surface area is 182 Å².